The average Bonchev–Trinajstić information content (AvgIpc) is 2.87. The smallest absolute Gasteiger partial charge is 0.123 e. The van der Waals surface area contributed by atoms with Crippen LogP contribution in [-0.4, -0.2) is 9.97 Å². The number of imidazole rings is 1. The van der Waals surface area contributed by atoms with Gasteiger partial charge in [-0.3, -0.25) is 0 Å². The van der Waals surface area contributed by atoms with Crippen LogP contribution in [0.3, 0.4) is 0 Å². The highest BCUT2D eigenvalue weighted by Crippen LogP contribution is 2.39. The van der Waals surface area contributed by atoms with Crippen LogP contribution in [0.4, 0.5) is 0 Å². The third-order valence-electron chi connectivity index (χ3n) is 3.32. The van der Waals surface area contributed by atoms with E-state index in [4.69, 9.17) is 5.73 Å². The predicted molar refractivity (Wildman–Crippen MR) is 71.7 cm³/mol. The molecule has 1 aromatic carbocycles. The molecule has 2 aromatic rings. The summed E-state index contributed by atoms with van der Waals surface area (Å²) in [6.45, 7) is 2.07. The topological polar surface area (TPSA) is 54.7 Å². The van der Waals surface area contributed by atoms with Crippen molar-refractivity contribution in [3.63, 3.8) is 0 Å². The average molecular weight is 292 g/mol. The van der Waals surface area contributed by atoms with Crippen molar-refractivity contribution in [2.75, 3.05) is 0 Å². The summed E-state index contributed by atoms with van der Waals surface area (Å²) in [6, 6.07) is 6.25. The molecule has 0 saturated heterocycles. The van der Waals surface area contributed by atoms with Gasteiger partial charge in [-0.05, 0) is 18.1 Å². The van der Waals surface area contributed by atoms with Gasteiger partial charge in [0.1, 0.15) is 5.82 Å². The van der Waals surface area contributed by atoms with Gasteiger partial charge in [-0.25, -0.2) is 4.98 Å². The van der Waals surface area contributed by atoms with Crippen molar-refractivity contribution < 1.29 is 0 Å². The zero-order valence-electron chi connectivity index (χ0n) is 9.63. The first kappa shape index (κ1) is 11.0. The third-order valence-corrected chi connectivity index (χ3v) is 4.06. The summed E-state index contributed by atoms with van der Waals surface area (Å²) >= 11 is 3.59. The first-order valence-electron chi connectivity index (χ1n) is 5.82. The van der Waals surface area contributed by atoms with Gasteiger partial charge in [-0.15, -0.1) is 0 Å². The Morgan fingerprint density at radius 1 is 1.53 bits per heavy atom. The molecule has 0 fully saturated rings. The third kappa shape index (κ3) is 1.63. The molecular weight excluding hydrogens is 278 g/mol. The van der Waals surface area contributed by atoms with Crippen LogP contribution in [-0.2, 0) is 6.42 Å². The van der Waals surface area contributed by atoms with Crippen LogP contribution in [0.5, 0.6) is 0 Å². The number of rotatable bonds is 2. The maximum absolute atomic E-state index is 6.00. The van der Waals surface area contributed by atoms with Gasteiger partial charge in [0.05, 0.1) is 11.7 Å². The van der Waals surface area contributed by atoms with Gasteiger partial charge in [0, 0.05) is 22.2 Å². The van der Waals surface area contributed by atoms with E-state index in [2.05, 4.69) is 45.0 Å². The van der Waals surface area contributed by atoms with Gasteiger partial charge in [-0.1, -0.05) is 35.0 Å². The van der Waals surface area contributed by atoms with Crippen LogP contribution < -0.4 is 5.73 Å². The molecule has 0 bridgehead atoms. The molecule has 3 rings (SSSR count). The second-order valence-corrected chi connectivity index (χ2v) is 5.26. The highest BCUT2D eigenvalue weighted by molar-refractivity contribution is 9.10. The fraction of sp³-hybridized carbons (Fsp3) is 0.308. The van der Waals surface area contributed by atoms with Gasteiger partial charge in [-0.2, -0.15) is 0 Å². The zero-order chi connectivity index (χ0) is 12.0. The standard InChI is InChI=1S/C13H14BrN3/c1-2-10(15)13-16-11-6-8-7(12(11)17-13)4-3-5-9(8)14/h3-5,10H,2,6,15H2,1H3,(H,16,17). The summed E-state index contributed by atoms with van der Waals surface area (Å²) in [5.74, 6) is 0.906. The summed E-state index contributed by atoms with van der Waals surface area (Å²) in [5.41, 5.74) is 10.8. The fourth-order valence-electron chi connectivity index (χ4n) is 2.29. The van der Waals surface area contributed by atoms with E-state index in [1.165, 1.54) is 16.8 Å². The molecular formula is C13H14BrN3. The van der Waals surface area contributed by atoms with E-state index < -0.39 is 0 Å². The number of aromatic amines is 1. The quantitative estimate of drug-likeness (QED) is 0.762. The number of benzene rings is 1. The van der Waals surface area contributed by atoms with Crippen LogP contribution in [0.25, 0.3) is 11.3 Å². The van der Waals surface area contributed by atoms with Gasteiger partial charge in [0.15, 0.2) is 0 Å². The van der Waals surface area contributed by atoms with Crippen molar-refractivity contribution in [3.05, 3.63) is 39.8 Å². The first-order valence-corrected chi connectivity index (χ1v) is 6.62. The highest BCUT2D eigenvalue weighted by atomic mass is 79.9. The Hall–Kier alpha value is -1.13. The van der Waals surface area contributed by atoms with E-state index in [1.54, 1.807) is 0 Å². The van der Waals surface area contributed by atoms with Gasteiger partial charge >= 0.3 is 0 Å². The van der Waals surface area contributed by atoms with Gasteiger partial charge in [0.25, 0.3) is 0 Å². The number of hydrogen-bond donors (Lipinski definition) is 2. The van der Waals surface area contributed by atoms with Gasteiger partial charge in [0.2, 0.25) is 0 Å². The van der Waals surface area contributed by atoms with E-state index >= 15 is 0 Å². The van der Waals surface area contributed by atoms with E-state index in [9.17, 15) is 0 Å². The van der Waals surface area contributed by atoms with Crippen LogP contribution in [0.1, 0.15) is 36.5 Å². The lowest BCUT2D eigenvalue weighted by molar-refractivity contribution is 0.656. The zero-order valence-corrected chi connectivity index (χ0v) is 11.2. The molecule has 17 heavy (non-hydrogen) atoms. The lowest BCUT2D eigenvalue weighted by Gasteiger charge is -2.05. The molecule has 1 atom stereocenters. The van der Waals surface area contributed by atoms with Crippen molar-refractivity contribution in [1.82, 2.24) is 9.97 Å². The van der Waals surface area contributed by atoms with Gasteiger partial charge < -0.3 is 10.7 Å². The number of H-pyrrole nitrogens is 1. The number of nitrogens with one attached hydrogen (secondary N) is 1. The summed E-state index contributed by atoms with van der Waals surface area (Å²) in [4.78, 5) is 8.00. The summed E-state index contributed by atoms with van der Waals surface area (Å²) < 4.78 is 1.16. The normalized spacial score (nSPS) is 14.5. The lowest BCUT2D eigenvalue weighted by Crippen LogP contribution is -2.10. The van der Waals surface area contributed by atoms with E-state index in [1.807, 2.05) is 6.07 Å². The van der Waals surface area contributed by atoms with Crippen molar-refractivity contribution in [2.24, 2.45) is 5.73 Å². The first-order chi connectivity index (χ1) is 8.20. The minimum absolute atomic E-state index is 0.0104. The molecule has 88 valence electrons. The Bertz CT molecular complexity index is 574. The lowest BCUT2D eigenvalue weighted by atomic mass is 10.1. The van der Waals surface area contributed by atoms with Crippen molar-refractivity contribution in [3.8, 4) is 11.3 Å². The molecule has 1 heterocycles. The number of nitrogens with two attached hydrogens (primary N) is 1. The molecule has 0 aliphatic heterocycles. The molecule has 3 N–H and O–H groups in total. The maximum Gasteiger partial charge on any atom is 0.123 e. The number of aromatic nitrogens is 2. The monoisotopic (exact) mass is 291 g/mol. The van der Waals surface area contributed by atoms with E-state index in [-0.39, 0.29) is 6.04 Å². The molecule has 0 radical (unpaired) electrons. The molecule has 0 saturated carbocycles. The Morgan fingerprint density at radius 3 is 3.12 bits per heavy atom. The molecule has 1 aromatic heterocycles. The Balaban J connectivity index is 2.09. The number of hydrogen-bond acceptors (Lipinski definition) is 2. The second-order valence-electron chi connectivity index (χ2n) is 4.41. The Kier molecular flexibility index (Phi) is 2.56. The Morgan fingerprint density at radius 2 is 2.35 bits per heavy atom. The summed E-state index contributed by atoms with van der Waals surface area (Å²) in [5, 5.41) is 0. The minimum atomic E-state index is 0.0104. The molecule has 1 aliphatic rings. The SMILES string of the molecule is CCC(N)c1nc2c([nH]1)Cc1c(Br)cccc1-2. The molecule has 1 aliphatic carbocycles. The largest absolute Gasteiger partial charge is 0.344 e. The van der Waals surface area contributed by atoms with Crippen molar-refractivity contribution in [2.45, 2.75) is 25.8 Å². The van der Waals surface area contributed by atoms with Crippen LogP contribution in [0.2, 0.25) is 0 Å². The highest BCUT2D eigenvalue weighted by Gasteiger charge is 2.25. The molecule has 0 amide bonds. The number of halogens is 1. The maximum atomic E-state index is 6.00. The molecule has 0 spiro atoms. The number of nitrogens with zero attached hydrogens (tertiary/aromatic N) is 1. The Labute approximate surface area is 109 Å². The summed E-state index contributed by atoms with van der Waals surface area (Å²) in [6.07, 6.45) is 1.81. The van der Waals surface area contributed by atoms with Crippen LogP contribution in [0, 0.1) is 0 Å². The van der Waals surface area contributed by atoms with E-state index in [0.29, 0.717) is 0 Å². The number of fused-ring (bicyclic) bond motifs is 3. The molecule has 4 heteroatoms. The van der Waals surface area contributed by atoms with Crippen molar-refractivity contribution >= 4 is 15.9 Å². The van der Waals surface area contributed by atoms with Crippen molar-refractivity contribution in [1.29, 1.82) is 0 Å². The second kappa shape index (κ2) is 3.96. The van der Waals surface area contributed by atoms with Crippen LogP contribution in [0.15, 0.2) is 22.7 Å². The summed E-state index contributed by atoms with van der Waals surface area (Å²) in [7, 11) is 0. The van der Waals surface area contributed by atoms with Crippen LogP contribution >= 0.6 is 15.9 Å². The molecule has 3 nitrogen and oxygen atoms in total. The van der Waals surface area contributed by atoms with E-state index in [0.717, 1.165) is 28.8 Å². The minimum Gasteiger partial charge on any atom is -0.344 e. The fourth-order valence-corrected chi connectivity index (χ4v) is 2.79. The predicted octanol–water partition coefficient (Wildman–Crippen LogP) is 3.15. The molecule has 1 unspecified atom stereocenters.